The van der Waals surface area contributed by atoms with Crippen LogP contribution in [0.5, 0.6) is 0 Å². The van der Waals surface area contributed by atoms with Gasteiger partial charge in [-0.1, -0.05) is 0 Å². The summed E-state index contributed by atoms with van der Waals surface area (Å²) >= 11 is 0. The van der Waals surface area contributed by atoms with Crippen molar-refractivity contribution in [2.75, 3.05) is 13.2 Å². The van der Waals surface area contributed by atoms with Gasteiger partial charge in [0.25, 0.3) is 5.91 Å². The number of carboxylic acid groups (broad SMARTS) is 1. The zero-order valence-electron chi connectivity index (χ0n) is 8.92. The molecule has 2 heterocycles. The highest BCUT2D eigenvalue weighted by molar-refractivity contribution is 5.82. The first kappa shape index (κ1) is 11.3. The fourth-order valence-corrected chi connectivity index (χ4v) is 1.93. The molecule has 0 aromatic heterocycles. The zero-order valence-corrected chi connectivity index (χ0v) is 8.92. The van der Waals surface area contributed by atoms with E-state index in [2.05, 4.69) is 0 Å². The van der Waals surface area contributed by atoms with Gasteiger partial charge >= 0.3 is 5.97 Å². The molecule has 16 heavy (non-hydrogen) atoms. The Kier molecular flexibility index (Phi) is 3.40. The number of carbonyl (C=O) groups is 2. The van der Waals surface area contributed by atoms with E-state index in [4.69, 9.17) is 14.7 Å². The fourth-order valence-electron chi connectivity index (χ4n) is 1.93. The predicted molar refractivity (Wildman–Crippen MR) is 52.4 cm³/mol. The number of hydroxylamine groups is 2. The van der Waals surface area contributed by atoms with Gasteiger partial charge in [-0.3, -0.25) is 9.63 Å². The summed E-state index contributed by atoms with van der Waals surface area (Å²) in [6, 6.07) is 0. The van der Waals surface area contributed by atoms with Crippen molar-refractivity contribution in [2.24, 2.45) is 0 Å². The van der Waals surface area contributed by atoms with Gasteiger partial charge in [0.15, 0.2) is 6.10 Å². The maximum atomic E-state index is 11.9. The lowest BCUT2D eigenvalue weighted by atomic mass is 10.2. The Morgan fingerprint density at radius 2 is 1.94 bits per heavy atom. The molecule has 2 rings (SSSR count). The second-order valence-corrected chi connectivity index (χ2v) is 4.01. The molecule has 90 valence electrons. The molecule has 2 aliphatic heterocycles. The third-order valence-corrected chi connectivity index (χ3v) is 2.82. The van der Waals surface area contributed by atoms with Crippen LogP contribution in [0.3, 0.4) is 0 Å². The van der Waals surface area contributed by atoms with E-state index in [9.17, 15) is 9.59 Å². The average molecular weight is 229 g/mol. The number of carbonyl (C=O) groups excluding carboxylic acids is 1. The van der Waals surface area contributed by atoms with Gasteiger partial charge in [0, 0.05) is 6.54 Å². The number of nitrogens with zero attached hydrogens (tertiary/aromatic N) is 1. The van der Waals surface area contributed by atoms with Crippen LogP contribution in [0, 0.1) is 0 Å². The standard InChI is InChI=1S/C10H15NO5/c12-9(11-5-1-2-6-15-11)7-3-4-8(16-7)10(13)14/h7-8H,1-6H2,(H,13,14)/t7-,8+/m0/s1. The van der Waals surface area contributed by atoms with Gasteiger partial charge in [-0.05, 0) is 25.7 Å². The predicted octanol–water partition coefficient (Wildman–Crippen LogP) is 0.173. The Morgan fingerprint density at radius 3 is 2.50 bits per heavy atom. The summed E-state index contributed by atoms with van der Waals surface area (Å²) in [5, 5.41) is 10.0. The minimum Gasteiger partial charge on any atom is -0.479 e. The van der Waals surface area contributed by atoms with Crippen LogP contribution in [0.1, 0.15) is 25.7 Å². The van der Waals surface area contributed by atoms with Gasteiger partial charge in [-0.2, -0.15) is 0 Å². The van der Waals surface area contributed by atoms with Crippen LogP contribution in [0.2, 0.25) is 0 Å². The topological polar surface area (TPSA) is 76.1 Å². The highest BCUT2D eigenvalue weighted by Crippen LogP contribution is 2.22. The highest BCUT2D eigenvalue weighted by atomic mass is 16.7. The van der Waals surface area contributed by atoms with Crippen LogP contribution in [0.4, 0.5) is 0 Å². The van der Waals surface area contributed by atoms with E-state index in [0.29, 0.717) is 26.0 Å². The van der Waals surface area contributed by atoms with Crippen molar-refractivity contribution in [3.63, 3.8) is 0 Å². The van der Waals surface area contributed by atoms with Gasteiger partial charge < -0.3 is 9.84 Å². The summed E-state index contributed by atoms with van der Waals surface area (Å²) in [5.74, 6) is -1.25. The monoisotopic (exact) mass is 229 g/mol. The molecule has 2 fully saturated rings. The van der Waals surface area contributed by atoms with Crippen molar-refractivity contribution in [1.29, 1.82) is 0 Å². The van der Waals surface area contributed by atoms with Crippen molar-refractivity contribution >= 4 is 11.9 Å². The molecule has 6 nitrogen and oxygen atoms in total. The second kappa shape index (κ2) is 4.80. The normalized spacial score (nSPS) is 30.4. The lowest BCUT2D eigenvalue weighted by Crippen LogP contribution is -2.42. The van der Waals surface area contributed by atoms with Crippen molar-refractivity contribution in [2.45, 2.75) is 37.9 Å². The Morgan fingerprint density at radius 1 is 1.19 bits per heavy atom. The van der Waals surface area contributed by atoms with Crippen LogP contribution in [0.15, 0.2) is 0 Å². The maximum absolute atomic E-state index is 11.9. The Balaban J connectivity index is 1.88. The first-order chi connectivity index (χ1) is 7.68. The van der Waals surface area contributed by atoms with Gasteiger partial charge in [-0.15, -0.1) is 0 Å². The molecule has 2 aliphatic rings. The van der Waals surface area contributed by atoms with Gasteiger partial charge in [0.05, 0.1) is 6.61 Å². The molecule has 0 spiro atoms. The maximum Gasteiger partial charge on any atom is 0.332 e. The first-order valence-electron chi connectivity index (χ1n) is 5.51. The number of hydrogen-bond acceptors (Lipinski definition) is 4. The second-order valence-electron chi connectivity index (χ2n) is 4.01. The molecule has 0 saturated carbocycles. The number of hydrogen-bond donors (Lipinski definition) is 1. The Hall–Kier alpha value is -1.14. The fraction of sp³-hybridized carbons (Fsp3) is 0.800. The molecule has 0 aliphatic carbocycles. The largest absolute Gasteiger partial charge is 0.479 e. The molecular formula is C10H15NO5. The summed E-state index contributed by atoms with van der Waals surface area (Å²) in [4.78, 5) is 27.7. The smallest absolute Gasteiger partial charge is 0.332 e. The van der Waals surface area contributed by atoms with E-state index >= 15 is 0 Å². The lowest BCUT2D eigenvalue weighted by Gasteiger charge is -2.27. The molecule has 1 amide bonds. The average Bonchev–Trinajstić information content (AvgIpc) is 2.78. The summed E-state index contributed by atoms with van der Waals surface area (Å²) in [7, 11) is 0. The third kappa shape index (κ3) is 2.33. The summed E-state index contributed by atoms with van der Waals surface area (Å²) in [6.45, 7) is 1.11. The quantitative estimate of drug-likeness (QED) is 0.730. The minimum atomic E-state index is -1.00. The van der Waals surface area contributed by atoms with Gasteiger partial charge in [-0.25, -0.2) is 9.86 Å². The van der Waals surface area contributed by atoms with E-state index in [-0.39, 0.29) is 5.91 Å². The molecule has 0 radical (unpaired) electrons. The molecule has 0 bridgehead atoms. The van der Waals surface area contributed by atoms with Crippen LogP contribution in [0.25, 0.3) is 0 Å². The molecule has 2 atom stereocenters. The molecule has 6 heteroatoms. The Labute approximate surface area is 93.1 Å². The van der Waals surface area contributed by atoms with Crippen LogP contribution >= 0.6 is 0 Å². The van der Waals surface area contributed by atoms with Gasteiger partial charge in [0.2, 0.25) is 0 Å². The summed E-state index contributed by atoms with van der Waals surface area (Å²) in [5.41, 5.74) is 0. The molecule has 0 unspecified atom stereocenters. The van der Waals surface area contributed by atoms with Crippen molar-refractivity contribution in [1.82, 2.24) is 5.06 Å². The SMILES string of the molecule is O=C(O)[C@H]1CC[C@@H](C(=O)N2CCCCO2)O1. The van der Waals surface area contributed by atoms with E-state index in [1.165, 1.54) is 5.06 Å². The third-order valence-electron chi connectivity index (χ3n) is 2.82. The molecular weight excluding hydrogens is 214 g/mol. The van der Waals surface area contributed by atoms with Crippen LogP contribution < -0.4 is 0 Å². The number of aliphatic carboxylic acids is 1. The first-order valence-corrected chi connectivity index (χ1v) is 5.51. The van der Waals surface area contributed by atoms with Crippen molar-refractivity contribution in [3.8, 4) is 0 Å². The molecule has 2 saturated heterocycles. The van der Waals surface area contributed by atoms with E-state index in [0.717, 1.165) is 12.8 Å². The number of carboxylic acids is 1. The number of rotatable bonds is 2. The Bertz CT molecular complexity index is 287. The van der Waals surface area contributed by atoms with Crippen LogP contribution in [-0.2, 0) is 19.2 Å². The van der Waals surface area contributed by atoms with E-state index < -0.39 is 18.2 Å². The minimum absolute atomic E-state index is 0.247. The van der Waals surface area contributed by atoms with Crippen LogP contribution in [-0.4, -0.2) is 47.4 Å². The van der Waals surface area contributed by atoms with E-state index in [1.807, 2.05) is 0 Å². The molecule has 0 aromatic rings. The van der Waals surface area contributed by atoms with Gasteiger partial charge in [0.1, 0.15) is 6.10 Å². The van der Waals surface area contributed by atoms with E-state index in [1.54, 1.807) is 0 Å². The van der Waals surface area contributed by atoms with Crippen molar-refractivity contribution < 1.29 is 24.3 Å². The van der Waals surface area contributed by atoms with Crippen molar-refractivity contribution in [3.05, 3.63) is 0 Å². The summed E-state index contributed by atoms with van der Waals surface area (Å²) < 4.78 is 5.17. The zero-order chi connectivity index (χ0) is 11.5. The number of ether oxygens (including phenoxy) is 1. The lowest BCUT2D eigenvalue weighted by molar-refractivity contribution is -0.206. The number of amides is 1. The summed E-state index contributed by atoms with van der Waals surface area (Å²) in [6.07, 6.45) is 1.21. The molecule has 0 aromatic carbocycles. The molecule has 1 N–H and O–H groups in total. The highest BCUT2D eigenvalue weighted by Gasteiger charge is 2.37.